The first-order valence-corrected chi connectivity index (χ1v) is 11.6. The molecule has 1 N–H and O–H groups in total. The molecule has 2 aliphatic rings. The Morgan fingerprint density at radius 2 is 1.96 bits per heavy atom. The molecule has 1 aliphatic carbocycles. The number of sulfone groups is 1. The number of aromatic nitrogens is 3. The van der Waals surface area contributed by atoms with Gasteiger partial charge in [0, 0.05) is 36.8 Å². The number of nitrogens with zero attached hydrogens (tertiary/aromatic N) is 4. The van der Waals surface area contributed by atoms with E-state index in [1.165, 1.54) is 49.8 Å². The molecule has 0 radical (unpaired) electrons. The van der Waals surface area contributed by atoms with E-state index in [2.05, 4.69) is 33.2 Å². The van der Waals surface area contributed by atoms with Gasteiger partial charge < -0.3 is 10.2 Å². The molecular weight excluding hydrogens is 374 g/mol. The van der Waals surface area contributed by atoms with Crippen molar-refractivity contribution in [2.45, 2.75) is 50.0 Å². The molecule has 2 aromatic rings. The zero-order valence-corrected chi connectivity index (χ0v) is 17.0. The monoisotopic (exact) mass is 399 g/mol. The van der Waals surface area contributed by atoms with E-state index >= 15 is 0 Å². The lowest BCUT2D eigenvalue weighted by molar-refractivity contribution is 0.601. The minimum Gasteiger partial charge on any atom is -0.349 e. The Hall–Kier alpha value is -2.48. The van der Waals surface area contributed by atoms with Gasteiger partial charge in [-0.25, -0.2) is 18.4 Å². The van der Waals surface area contributed by atoms with E-state index in [1.54, 1.807) is 6.07 Å². The van der Waals surface area contributed by atoms with Gasteiger partial charge in [-0.15, -0.1) is 0 Å². The Balaban J connectivity index is 1.62. The standard InChI is InChI=1S/C20H25N5O2S/c1-3-14-10-15-11-22-20(23-18-9-8-17(12-21-18)28(2,26)27)24-19(15)25(13-14)16-6-4-5-7-16/h8-12,16H,3-7,13H2,1-2H3,(H,21,22,23,24). The number of hydrogen-bond acceptors (Lipinski definition) is 7. The van der Waals surface area contributed by atoms with Crippen LogP contribution in [0.25, 0.3) is 6.08 Å². The lowest BCUT2D eigenvalue weighted by atomic mass is 10.0. The van der Waals surface area contributed by atoms with Crippen molar-refractivity contribution >= 4 is 33.5 Å². The summed E-state index contributed by atoms with van der Waals surface area (Å²) in [5.74, 6) is 1.95. The number of fused-ring (bicyclic) bond motifs is 1. The Bertz CT molecular complexity index is 996. The summed E-state index contributed by atoms with van der Waals surface area (Å²) in [7, 11) is -3.26. The van der Waals surface area contributed by atoms with E-state index in [0.29, 0.717) is 17.8 Å². The Kier molecular flexibility index (Phi) is 5.05. The first kappa shape index (κ1) is 18.9. The molecule has 0 saturated heterocycles. The molecule has 8 heteroatoms. The Morgan fingerprint density at radius 1 is 1.18 bits per heavy atom. The molecule has 7 nitrogen and oxygen atoms in total. The van der Waals surface area contributed by atoms with Crippen LogP contribution in [0.1, 0.15) is 44.6 Å². The van der Waals surface area contributed by atoms with Crippen LogP contribution in [0, 0.1) is 0 Å². The maximum absolute atomic E-state index is 11.6. The maximum Gasteiger partial charge on any atom is 0.230 e. The van der Waals surface area contributed by atoms with E-state index in [9.17, 15) is 8.42 Å². The topological polar surface area (TPSA) is 88.1 Å². The van der Waals surface area contributed by atoms with Crippen LogP contribution in [-0.2, 0) is 9.84 Å². The second-order valence-corrected chi connectivity index (χ2v) is 9.49. The fourth-order valence-electron chi connectivity index (χ4n) is 3.85. The minimum atomic E-state index is -3.26. The summed E-state index contributed by atoms with van der Waals surface area (Å²) in [4.78, 5) is 16.0. The van der Waals surface area contributed by atoms with Crippen LogP contribution in [-0.4, -0.2) is 42.2 Å². The lowest BCUT2D eigenvalue weighted by Crippen LogP contribution is -2.38. The highest BCUT2D eigenvalue weighted by Gasteiger charge is 2.28. The van der Waals surface area contributed by atoms with E-state index in [-0.39, 0.29) is 4.90 Å². The normalized spacial score (nSPS) is 17.4. The molecule has 4 rings (SSSR count). The van der Waals surface area contributed by atoms with Gasteiger partial charge in [0.1, 0.15) is 11.6 Å². The molecule has 0 unspecified atom stereocenters. The van der Waals surface area contributed by atoms with Gasteiger partial charge in [-0.05, 0) is 37.5 Å². The first-order valence-electron chi connectivity index (χ1n) is 9.70. The molecule has 148 valence electrons. The molecule has 1 saturated carbocycles. The van der Waals surface area contributed by atoms with Crippen molar-refractivity contribution in [2.24, 2.45) is 0 Å². The average Bonchev–Trinajstić information content (AvgIpc) is 3.21. The highest BCUT2D eigenvalue weighted by Crippen LogP contribution is 2.35. The fraction of sp³-hybridized carbons (Fsp3) is 0.450. The molecule has 3 heterocycles. The van der Waals surface area contributed by atoms with Crippen molar-refractivity contribution in [3.05, 3.63) is 35.7 Å². The Labute approximate surface area is 165 Å². The Morgan fingerprint density at radius 3 is 2.61 bits per heavy atom. The van der Waals surface area contributed by atoms with Gasteiger partial charge in [0.15, 0.2) is 9.84 Å². The van der Waals surface area contributed by atoms with Gasteiger partial charge in [-0.1, -0.05) is 25.3 Å². The molecule has 0 spiro atoms. The quantitative estimate of drug-likeness (QED) is 0.822. The van der Waals surface area contributed by atoms with Gasteiger partial charge in [0.05, 0.1) is 4.90 Å². The van der Waals surface area contributed by atoms with Crippen molar-refractivity contribution in [3.63, 3.8) is 0 Å². The van der Waals surface area contributed by atoms with Gasteiger partial charge in [0.25, 0.3) is 0 Å². The molecule has 0 atom stereocenters. The third-order valence-corrected chi connectivity index (χ3v) is 6.52. The predicted octanol–water partition coefficient (Wildman–Crippen LogP) is 3.57. The number of hydrogen-bond donors (Lipinski definition) is 1. The van der Waals surface area contributed by atoms with Crippen LogP contribution in [0.3, 0.4) is 0 Å². The molecule has 0 aromatic carbocycles. The summed E-state index contributed by atoms with van der Waals surface area (Å²) < 4.78 is 23.2. The second-order valence-electron chi connectivity index (χ2n) is 7.47. The highest BCUT2D eigenvalue weighted by atomic mass is 32.2. The van der Waals surface area contributed by atoms with Crippen molar-refractivity contribution in [1.29, 1.82) is 0 Å². The van der Waals surface area contributed by atoms with Crippen molar-refractivity contribution in [1.82, 2.24) is 15.0 Å². The largest absolute Gasteiger partial charge is 0.349 e. The van der Waals surface area contributed by atoms with Gasteiger partial charge in [-0.2, -0.15) is 4.98 Å². The number of anilines is 3. The summed E-state index contributed by atoms with van der Waals surface area (Å²) in [6.45, 7) is 3.11. The maximum atomic E-state index is 11.6. The number of rotatable bonds is 5. The SMILES string of the molecule is CCC1=Cc2cnc(Nc3ccc(S(C)(=O)=O)cn3)nc2N(C2CCCC2)C1. The van der Waals surface area contributed by atoms with Crippen LogP contribution in [0.2, 0.25) is 0 Å². The van der Waals surface area contributed by atoms with Crippen molar-refractivity contribution in [2.75, 3.05) is 23.0 Å². The summed E-state index contributed by atoms with van der Waals surface area (Å²) >= 11 is 0. The summed E-state index contributed by atoms with van der Waals surface area (Å²) in [5, 5.41) is 3.09. The zero-order chi connectivity index (χ0) is 19.7. The lowest BCUT2D eigenvalue weighted by Gasteiger charge is -2.35. The summed E-state index contributed by atoms with van der Waals surface area (Å²) in [6, 6.07) is 3.69. The molecule has 2 aromatic heterocycles. The average molecular weight is 400 g/mol. The van der Waals surface area contributed by atoms with Crippen molar-refractivity contribution in [3.8, 4) is 0 Å². The third kappa shape index (κ3) is 3.87. The first-order chi connectivity index (χ1) is 13.4. The molecule has 28 heavy (non-hydrogen) atoms. The fourth-order valence-corrected chi connectivity index (χ4v) is 4.41. The van der Waals surface area contributed by atoms with E-state index in [1.807, 2.05) is 6.20 Å². The van der Waals surface area contributed by atoms with Crippen LogP contribution in [0.4, 0.5) is 17.6 Å². The van der Waals surface area contributed by atoms with Crippen LogP contribution >= 0.6 is 0 Å². The van der Waals surface area contributed by atoms with Crippen LogP contribution < -0.4 is 10.2 Å². The summed E-state index contributed by atoms with van der Waals surface area (Å²) in [5.41, 5.74) is 2.46. The smallest absolute Gasteiger partial charge is 0.230 e. The van der Waals surface area contributed by atoms with Crippen molar-refractivity contribution < 1.29 is 8.42 Å². The third-order valence-electron chi connectivity index (χ3n) is 5.42. The van der Waals surface area contributed by atoms with Crippen LogP contribution in [0.15, 0.2) is 35.0 Å². The van der Waals surface area contributed by atoms with E-state index < -0.39 is 9.84 Å². The second kappa shape index (κ2) is 7.50. The molecular formula is C20H25N5O2S. The number of nitrogens with one attached hydrogen (secondary N) is 1. The van der Waals surface area contributed by atoms with Gasteiger partial charge in [0.2, 0.25) is 5.95 Å². The highest BCUT2D eigenvalue weighted by molar-refractivity contribution is 7.90. The van der Waals surface area contributed by atoms with Gasteiger partial charge >= 0.3 is 0 Å². The zero-order valence-electron chi connectivity index (χ0n) is 16.2. The summed E-state index contributed by atoms with van der Waals surface area (Å²) in [6.07, 6.45) is 12.5. The van der Waals surface area contributed by atoms with Gasteiger partial charge in [-0.3, -0.25) is 0 Å². The molecule has 0 amide bonds. The molecule has 0 bridgehead atoms. The number of pyridine rings is 1. The molecule has 1 aliphatic heterocycles. The predicted molar refractivity (Wildman–Crippen MR) is 111 cm³/mol. The van der Waals surface area contributed by atoms with Crippen LogP contribution in [0.5, 0.6) is 0 Å². The molecule has 1 fully saturated rings. The minimum absolute atomic E-state index is 0.189. The van der Waals surface area contributed by atoms with E-state index in [4.69, 9.17) is 4.98 Å². The van der Waals surface area contributed by atoms with E-state index in [0.717, 1.165) is 24.3 Å².